The number of benzene rings is 15. The second-order valence-electron chi connectivity index (χ2n) is 27.3. The van der Waals surface area contributed by atoms with Crippen molar-refractivity contribution in [1.82, 2.24) is 32.4 Å². The average molecular weight is 1320 g/mol. The summed E-state index contributed by atoms with van der Waals surface area (Å²) in [7, 11) is 0. The van der Waals surface area contributed by atoms with Crippen molar-refractivity contribution in [3.8, 4) is 73.8 Å². The van der Waals surface area contributed by atoms with Crippen LogP contribution in [-0.4, -0.2) is 32.4 Å². The van der Waals surface area contributed by atoms with Crippen LogP contribution in [-0.2, 0) is 0 Å². The predicted molar refractivity (Wildman–Crippen MR) is 431 cm³/mol. The molecule has 7 heterocycles. The van der Waals surface area contributed by atoms with Crippen molar-refractivity contribution >= 4 is 131 Å². The fourth-order valence-corrected chi connectivity index (χ4v) is 17.3. The van der Waals surface area contributed by atoms with Crippen LogP contribution < -0.4 is 0 Å². The monoisotopic (exact) mass is 1320 g/mol. The molecule has 7 aromatic heterocycles. The van der Waals surface area contributed by atoms with Crippen LogP contribution >= 0.6 is 0 Å². The molecule has 482 valence electrons. The number of nitrogens with zero attached hydrogens (tertiary/aromatic N) is 8. The van der Waals surface area contributed by atoms with Crippen LogP contribution in [0.2, 0.25) is 0 Å². The van der Waals surface area contributed by atoms with Gasteiger partial charge in [-0.1, -0.05) is 206 Å². The van der Waals surface area contributed by atoms with Gasteiger partial charge in [-0.15, -0.1) is 0 Å². The molecule has 0 spiro atoms. The van der Waals surface area contributed by atoms with Gasteiger partial charge in [-0.3, -0.25) is 0 Å². The molecule has 22 rings (SSSR count). The third kappa shape index (κ3) is 8.44. The minimum Gasteiger partial charge on any atom is -0.309 e. The van der Waals surface area contributed by atoms with E-state index in [0.717, 1.165) is 156 Å². The van der Waals surface area contributed by atoms with E-state index in [0.29, 0.717) is 5.56 Å². The molecule has 0 aliphatic carbocycles. The first kappa shape index (κ1) is 57.6. The normalized spacial score (nSPS) is 12.0. The lowest BCUT2D eigenvalue weighted by atomic mass is 9.96. The van der Waals surface area contributed by atoms with Gasteiger partial charge in [0, 0.05) is 104 Å². The molecule has 0 fully saturated rings. The Morgan fingerprint density at radius 2 is 0.452 bits per heavy atom. The van der Waals surface area contributed by atoms with E-state index < -0.39 is 0 Å². The summed E-state index contributed by atoms with van der Waals surface area (Å²) in [6.07, 6.45) is 0. The van der Waals surface area contributed by atoms with Gasteiger partial charge < -0.3 is 27.4 Å². The largest absolute Gasteiger partial charge is 0.309 e. The number of para-hydroxylation sites is 8. The van der Waals surface area contributed by atoms with E-state index in [4.69, 9.17) is 4.98 Å². The molecule has 8 nitrogen and oxygen atoms in total. The van der Waals surface area contributed by atoms with Crippen molar-refractivity contribution in [2.24, 2.45) is 0 Å². The highest BCUT2D eigenvalue weighted by Gasteiger charge is 2.27. The van der Waals surface area contributed by atoms with Crippen molar-refractivity contribution < 1.29 is 0 Å². The molecule has 0 unspecified atom stereocenters. The van der Waals surface area contributed by atoms with Crippen LogP contribution in [0.15, 0.2) is 352 Å². The first-order valence-electron chi connectivity index (χ1n) is 35.4. The number of pyridine rings is 1. The summed E-state index contributed by atoms with van der Waals surface area (Å²) >= 11 is 0. The Bertz CT molecular complexity index is 6820. The van der Waals surface area contributed by atoms with Gasteiger partial charge >= 0.3 is 0 Å². The Labute approximate surface area is 596 Å². The summed E-state index contributed by atoms with van der Waals surface area (Å²) in [5, 5.41) is 26.1. The summed E-state index contributed by atoms with van der Waals surface area (Å²) in [5.41, 5.74) is 24.8. The van der Waals surface area contributed by atoms with Crippen LogP contribution in [0, 0.1) is 11.3 Å². The smallest absolute Gasteiger partial charge is 0.101 e. The second kappa shape index (κ2) is 22.4. The van der Waals surface area contributed by atoms with E-state index in [-0.39, 0.29) is 0 Å². The Balaban J connectivity index is 0.866. The third-order valence-corrected chi connectivity index (χ3v) is 21.8. The molecule has 22 aromatic rings. The zero-order chi connectivity index (χ0) is 68.3. The molecule has 0 bridgehead atoms. The number of hydrogen-bond donors (Lipinski definition) is 0. The van der Waals surface area contributed by atoms with Crippen LogP contribution in [0.25, 0.3) is 199 Å². The lowest BCUT2D eigenvalue weighted by Crippen LogP contribution is -2.05. The molecule has 0 saturated carbocycles. The Morgan fingerprint density at radius 1 is 0.202 bits per heavy atom. The SMILES string of the molecule is N#Cc1cc(-c2cc(-c3ccccc3)nc(-c3ccccc3)c2)c(-n2c3ccc(-n4c5ccccc5c5ccccc54)cc3c3cc(-n4c5ccccc5c5ccccc54)ccc32)cc1-n1c2ccc(-n3c4ccccc4c4ccccc43)cc2c2cc(-n3c4ccccc4c4ccccc43)ccc21. The number of hydrogen-bond acceptors (Lipinski definition) is 2. The fraction of sp³-hybridized carbons (Fsp3) is 0. The van der Waals surface area contributed by atoms with Gasteiger partial charge in [-0.05, 0) is 151 Å². The van der Waals surface area contributed by atoms with Crippen molar-refractivity contribution in [2.75, 3.05) is 0 Å². The van der Waals surface area contributed by atoms with Crippen LogP contribution in [0.1, 0.15) is 5.56 Å². The molecule has 8 heteroatoms. The molecule has 0 N–H and O–H groups in total. The van der Waals surface area contributed by atoms with Crippen LogP contribution in [0.4, 0.5) is 0 Å². The molecular weight excluding hydrogens is 1270 g/mol. The minimum atomic E-state index is 0.517. The van der Waals surface area contributed by atoms with E-state index >= 15 is 0 Å². The number of rotatable bonds is 9. The van der Waals surface area contributed by atoms with Gasteiger partial charge in [0.05, 0.1) is 94.5 Å². The summed E-state index contributed by atoms with van der Waals surface area (Å²) in [5.74, 6) is 0. The highest BCUT2D eigenvalue weighted by atomic mass is 15.0. The van der Waals surface area contributed by atoms with Crippen molar-refractivity contribution in [3.05, 3.63) is 357 Å². The maximum absolute atomic E-state index is 12.3. The van der Waals surface area contributed by atoms with Crippen LogP contribution in [0.5, 0.6) is 0 Å². The molecule has 0 saturated heterocycles. The van der Waals surface area contributed by atoms with Crippen molar-refractivity contribution in [1.29, 1.82) is 5.26 Å². The summed E-state index contributed by atoms with van der Waals surface area (Å²) < 4.78 is 14.5. The first-order chi connectivity index (χ1) is 51.6. The second-order valence-corrected chi connectivity index (χ2v) is 27.3. The lowest BCUT2D eigenvalue weighted by Gasteiger charge is -2.20. The maximum atomic E-state index is 12.3. The van der Waals surface area contributed by atoms with Gasteiger partial charge in [-0.25, -0.2) is 4.98 Å². The number of fused-ring (bicyclic) bond motifs is 18. The quantitative estimate of drug-likeness (QED) is 0.145. The van der Waals surface area contributed by atoms with E-state index in [1.54, 1.807) is 0 Å². The summed E-state index contributed by atoms with van der Waals surface area (Å²) in [4.78, 5) is 5.45. The summed E-state index contributed by atoms with van der Waals surface area (Å²) in [6.45, 7) is 0. The van der Waals surface area contributed by atoms with Gasteiger partial charge in [0.15, 0.2) is 0 Å². The predicted octanol–water partition coefficient (Wildman–Crippen LogP) is 24.5. The third-order valence-electron chi connectivity index (χ3n) is 21.8. The van der Waals surface area contributed by atoms with Gasteiger partial charge in [0.1, 0.15) is 6.07 Å². The fourth-order valence-electron chi connectivity index (χ4n) is 17.3. The zero-order valence-corrected chi connectivity index (χ0v) is 56.1. The minimum absolute atomic E-state index is 0.517. The van der Waals surface area contributed by atoms with Crippen LogP contribution in [0.3, 0.4) is 0 Å². The molecule has 0 amide bonds. The molecule has 0 aliphatic rings. The standard InChI is InChI=1S/C96H58N8/c97-59-63-51-76(62-52-81(60-23-3-1-4-24-60)98-82(53-62)61-25-5-2-6-26-61)96(104-93-49-45-66(101-87-39-19-11-31-72(87)73-32-12-20-40-88(73)101)56-79(93)80-57-67(46-50-94(80)104)102-89-41-21-13-33-74(89)75-34-14-22-42-90(75)102)58-95(63)103-91-47-43-64(99-83-35-15-7-27-68(83)69-28-8-16-36-84(69)99)54-77(91)78-55-65(44-48-92(78)103)100-85-37-17-9-29-70(85)71-30-10-18-38-86(71)100/h1-58H. The number of nitriles is 1. The highest BCUT2D eigenvalue weighted by Crippen LogP contribution is 2.47. The first-order valence-corrected chi connectivity index (χ1v) is 35.4. The zero-order valence-electron chi connectivity index (χ0n) is 56.1. The van der Waals surface area contributed by atoms with Gasteiger partial charge in [0.25, 0.3) is 0 Å². The lowest BCUT2D eigenvalue weighted by molar-refractivity contribution is 1.12. The summed E-state index contributed by atoms with van der Waals surface area (Å²) in [6, 6.07) is 130. The van der Waals surface area contributed by atoms with Gasteiger partial charge in [-0.2, -0.15) is 5.26 Å². The Morgan fingerprint density at radius 3 is 0.731 bits per heavy atom. The average Bonchev–Trinajstić information content (AvgIpc) is 1.77. The van der Waals surface area contributed by atoms with Crippen molar-refractivity contribution in [3.63, 3.8) is 0 Å². The topological polar surface area (TPSA) is 66.3 Å². The molecule has 15 aromatic carbocycles. The molecule has 0 aliphatic heterocycles. The Hall–Kier alpha value is -14.3. The van der Waals surface area contributed by atoms with Crippen molar-refractivity contribution in [2.45, 2.75) is 0 Å². The molecule has 0 radical (unpaired) electrons. The van der Waals surface area contributed by atoms with E-state index in [1.165, 1.54) is 43.1 Å². The maximum Gasteiger partial charge on any atom is 0.101 e. The molecular formula is C96H58N8. The van der Waals surface area contributed by atoms with Gasteiger partial charge in [0.2, 0.25) is 0 Å². The number of aromatic nitrogens is 7. The highest BCUT2D eigenvalue weighted by molar-refractivity contribution is 6.17. The molecule has 0 atom stereocenters. The molecule has 104 heavy (non-hydrogen) atoms. The Kier molecular flexibility index (Phi) is 12.4. The van der Waals surface area contributed by atoms with E-state index in [9.17, 15) is 5.26 Å². The van der Waals surface area contributed by atoms with E-state index in [1.807, 2.05) is 12.1 Å². The van der Waals surface area contributed by atoms with E-state index in [2.05, 4.69) is 373 Å².